The van der Waals surface area contributed by atoms with Gasteiger partial charge < -0.3 is 19.2 Å². The van der Waals surface area contributed by atoms with Crippen molar-refractivity contribution < 1.29 is 14.2 Å². The summed E-state index contributed by atoms with van der Waals surface area (Å²) in [7, 11) is 3.19. The number of aromatic nitrogens is 2. The lowest BCUT2D eigenvalue weighted by Gasteiger charge is -2.11. The molecule has 0 atom stereocenters. The molecule has 6 nitrogen and oxygen atoms in total. The van der Waals surface area contributed by atoms with Gasteiger partial charge >= 0.3 is 0 Å². The molecule has 0 aliphatic heterocycles. The van der Waals surface area contributed by atoms with Crippen molar-refractivity contribution in [3.63, 3.8) is 0 Å². The number of benzene rings is 2. The van der Waals surface area contributed by atoms with E-state index in [-0.39, 0.29) is 5.56 Å². The molecule has 3 aromatic rings. The summed E-state index contributed by atoms with van der Waals surface area (Å²) >= 11 is 0. The number of rotatable bonds is 5. The van der Waals surface area contributed by atoms with Crippen molar-refractivity contribution in [2.45, 2.75) is 6.61 Å². The molecule has 0 aliphatic carbocycles. The zero-order chi connectivity index (χ0) is 16.2. The van der Waals surface area contributed by atoms with Crippen LogP contribution in [0, 0.1) is 0 Å². The fourth-order valence-corrected chi connectivity index (χ4v) is 2.28. The molecule has 2 aromatic carbocycles. The first kappa shape index (κ1) is 14.9. The Morgan fingerprint density at radius 1 is 1.04 bits per heavy atom. The van der Waals surface area contributed by atoms with Gasteiger partial charge in [0.15, 0.2) is 11.5 Å². The largest absolute Gasteiger partial charge is 0.493 e. The molecule has 0 fully saturated rings. The van der Waals surface area contributed by atoms with E-state index in [0.717, 1.165) is 5.56 Å². The topological polar surface area (TPSA) is 73.4 Å². The van der Waals surface area contributed by atoms with Crippen molar-refractivity contribution >= 4 is 10.9 Å². The van der Waals surface area contributed by atoms with E-state index in [1.807, 2.05) is 18.2 Å². The molecule has 1 N–H and O–H groups in total. The average Bonchev–Trinajstić information content (AvgIpc) is 2.59. The van der Waals surface area contributed by atoms with Crippen molar-refractivity contribution in [1.29, 1.82) is 0 Å². The van der Waals surface area contributed by atoms with Gasteiger partial charge in [0.25, 0.3) is 5.56 Å². The van der Waals surface area contributed by atoms with Crippen LogP contribution in [0.2, 0.25) is 0 Å². The number of nitrogens with zero attached hydrogens (tertiary/aromatic N) is 1. The minimum absolute atomic E-state index is 0.165. The average molecular weight is 312 g/mol. The minimum Gasteiger partial charge on any atom is -0.493 e. The van der Waals surface area contributed by atoms with Crippen molar-refractivity contribution in [2.75, 3.05) is 14.2 Å². The highest BCUT2D eigenvalue weighted by molar-refractivity contribution is 5.78. The second kappa shape index (κ2) is 6.39. The van der Waals surface area contributed by atoms with Crippen LogP contribution in [0.3, 0.4) is 0 Å². The molecular weight excluding hydrogens is 296 g/mol. The third-order valence-electron chi connectivity index (χ3n) is 3.47. The van der Waals surface area contributed by atoms with Gasteiger partial charge in [-0.3, -0.25) is 4.79 Å². The van der Waals surface area contributed by atoms with E-state index in [2.05, 4.69) is 9.97 Å². The second-order valence-corrected chi connectivity index (χ2v) is 4.89. The molecule has 6 heteroatoms. The van der Waals surface area contributed by atoms with E-state index < -0.39 is 0 Å². The number of aromatic amines is 1. The molecule has 0 aliphatic rings. The number of fused-ring (bicyclic) bond motifs is 1. The van der Waals surface area contributed by atoms with Gasteiger partial charge in [-0.1, -0.05) is 6.07 Å². The van der Waals surface area contributed by atoms with Gasteiger partial charge in [-0.25, -0.2) is 4.98 Å². The van der Waals surface area contributed by atoms with Gasteiger partial charge in [0.2, 0.25) is 0 Å². The number of nitrogens with one attached hydrogen (secondary N) is 1. The van der Waals surface area contributed by atoms with Crippen molar-refractivity contribution in [3.05, 3.63) is 58.6 Å². The Balaban J connectivity index is 1.79. The van der Waals surface area contributed by atoms with Gasteiger partial charge in [0.05, 0.1) is 31.4 Å². The third-order valence-corrected chi connectivity index (χ3v) is 3.47. The Bertz CT molecular complexity index is 889. The molecule has 118 valence electrons. The van der Waals surface area contributed by atoms with Crippen LogP contribution in [0.4, 0.5) is 0 Å². The number of methoxy groups -OCH3 is 2. The predicted molar refractivity (Wildman–Crippen MR) is 86.2 cm³/mol. The maximum Gasteiger partial charge on any atom is 0.258 e. The van der Waals surface area contributed by atoms with E-state index in [4.69, 9.17) is 14.2 Å². The monoisotopic (exact) mass is 312 g/mol. The number of H-pyrrole nitrogens is 1. The van der Waals surface area contributed by atoms with Crippen LogP contribution in [0.5, 0.6) is 17.2 Å². The lowest BCUT2D eigenvalue weighted by atomic mass is 10.2. The molecule has 0 amide bonds. The highest BCUT2D eigenvalue weighted by Crippen LogP contribution is 2.28. The summed E-state index contributed by atoms with van der Waals surface area (Å²) in [4.78, 5) is 18.3. The molecule has 1 heterocycles. The Labute approximate surface area is 132 Å². The first-order chi connectivity index (χ1) is 11.2. The Hall–Kier alpha value is -3.02. The molecule has 23 heavy (non-hydrogen) atoms. The normalized spacial score (nSPS) is 10.5. The number of hydrogen-bond donors (Lipinski definition) is 1. The van der Waals surface area contributed by atoms with E-state index in [0.29, 0.717) is 34.8 Å². The van der Waals surface area contributed by atoms with Crippen molar-refractivity contribution in [2.24, 2.45) is 0 Å². The quantitative estimate of drug-likeness (QED) is 0.783. The fraction of sp³-hybridized carbons (Fsp3) is 0.176. The van der Waals surface area contributed by atoms with E-state index >= 15 is 0 Å². The number of ether oxygens (including phenoxy) is 3. The van der Waals surface area contributed by atoms with Crippen molar-refractivity contribution in [1.82, 2.24) is 9.97 Å². The highest BCUT2D eigenvalue weighted by atomic mass is 16.5. The summed E-state index contributed by atoms with van der Waals surface area (Å²) in [6.45, 7) is 0.370. The molecule has 0 spiro atoms. The summed E-state index contributed by atoms with van der Waals surface area (Å²) in [5.41, 5.74) is 1.38. The third kappa shape index (κ3) is 3.11. The first-order valence-corrected chi connectivity index (χ1v) is 7.02. The van der Waals surface area contributed by atoms with Crippen LogP contribution in [-0.2, 0) is 6.61 Å². The van der Waals surface area contributed by atoms with Gasteiger partial charge in [-0.15, -0.1) is 0 Å². The maximum atomic E-state index is 11.6. The minimum atomic E-state index is -0.165. The summed E-state index contributed by atoms with van der Waals surface area (Å²) in [6, 6.07) is 10.8. The lowest BCUT2D eigenvalue weighted by Crippen LogP contribution is -2.06. The van der Waals surface area contributed by atoms with Crippen LogP contribution in [-0.4, -0.2) is 24.2 Å². The number of hydrogen-bond acceptors (Lipinski definition) is 5. The molecule has 0 radical (unpaired) electrons. The van der Waals surface area contributed by atoms with E-state index in [1.54, 1.807) is 32.4 Å². The molecule has 1 aromatic heterocycles. The van der Waals surface area contributed by atoms with Crippen molar-refractivity contribution in [3.8, 4) is 17.2 Å². The molecule has 0 bridgehead atoms. The fourth-order valence-electron chi connectivity index (χ4n) is 2.28. The lowest BCUT2D eigenvalue weighted by molar-refractivity contribution is 0.304. The van der Waals surface area contributed by atoms with Crippen LogP contribution < -0.4 is 19.8 Å². The second-order valence-electron chi connectivity index (χ2n) is 4.89. The van der Waals surface area contributed by atoms with Gasteiger partial charge in [0, 0.05) is 6.07 Å². The van der Waals surface area contributed by atoms with Gasteiger partial charge in [-0.05, 0) is 29.8 Å². The predicted octanol–water partition coefficient (Wildman–Crippen LogP) is 2.52. The molecular formula is C17H16N2O4. The summed E-state index contributed by atoms with van der Waals surface area (Å²) in [5.74, 6) is 1.97. The summed E-state index contributed by atoms with van der Waals surface area (Å²) in [5, 5.41) is 0.533. The molecule has 3 rings (SSSR count). The Morgan fingerprint density at radius 2 is 1.87 bits per heavy atom. The SMILES string of the molecule is COc1ccc(COc2ccc3c(=O)[nH]cnc3c2)cc1OC. The molecule has 0 unspecified atom stereocenters. The van der Waals surface area contributed by atoms with Crippen LogP contribution in [0.1, 0.15) is 5.56 Å². The zero-order valence-corrected chi connectivity index (χ0v) is 12.8. The van der Waals surface area contributed by atoms with Crippen LogP contribution >= 0.6 is 0 Å². The molecule has 0 saturated carbocycles. The highest BCUT2D eigenvalue weighted by Gasteiger charge is 2.06. The molecule has 0 saturated heterocycles. The smallest absolute Gasteiger partial charge is 0.258 e. The maximum absolute atomic E-state index is 11.6. The standard InChI is InChI=1S/C17H16N2O4/c1-21-15-6-3-11(7-16(15)22-2)9-23-12-4-5-13-14(8-12)18-10-19-17(13)20/h3-8,10H,9H2,1-2H3,(H,18,19,20). The van der Waals surface area contributed by atoms with Crippen LogP contribution in [0.25, 0.3) is 10.9 Å². The first-order valence-electron chi connectivity index (χ1n) is 7.02. The van der Waals surface area contributed by atoms with E-state index in [1.165, 1.54) is 6.33 Å². The van der Waals surface area contributed by atoms with E-state index in [9.17, 15) is 4.79 Å². The van der Waals surface area contributed by atoms with Gasteiger partial charge in [0.1, 0.15) is 12.4 Å². The van der Waals surface area contributed by atoms with Crippen LogP contribution in [0.15, 0.2) is 47.5 Å². The summed E-state index contributed by atoms with van der Waals surface area (Å²) < 4.78 is 16.2. The zero-order valence-electron chi connectivity index (χ0n) is 12.8. The Kier molecular flexibility index (Phi) is 4.14. The summed E-state index contributed by atoms with van der Waals surface area (Å²) in [6.07, 6.45) is 1.38. The Morgan fingerprint density at radius 3 is 2.65 bits per heavy atom. The van der Waals surface area contributed by atoms with Gasteiger partial charge in [-0.2, -0.15) is 0 Å².